The maximum Gasteiger partial charge on any atom is 0.244 e. The minimum Gasteiger partial charge on any atom is -0.493 e. The quantitative estimate of drug-likeness (QED) is 0.771. The summed E-state index contributed by atoms with van der Waals surface area (Å²) in [6.45, 7) is 10.8. The van der Waals surface area contributed by atoms with Crippen LogP contribution in [0.25, 0.3) is 6.08 Å². The van der Waals surface area contributed by atoms with Gasteiger partial charge in [0.1, 0.15) is 0 Å². The van der Waals surface area contributed by atoms with E-state index >= 15 is 0 Å². The SMILES string of the molecule is COc1cc(/C=C/C(=O)NC(C)(C)C)ccc1OCCC(C)C. The summed E-state index contributed by atoms with van der Waals surface area (Å²) in [5.74, 6) is 1.88. The molecule has 0 fully saturated rings. The van der Waals surface area contributed by atoms with Crippen molar-refractivity contribution in [3.63, 3.8) is 0 Å². The van der Waals surface area contributed by atoms with E-state index in [0.29, 0.717) is 18.3 Å². The number of benzene rings is 1. The Labute approximate surface area is 139 Å². The van der Waals surface area contributed by atoms with Crippen molar-refractivity contribution in [2.24, 2.45) is 5.92 Å². The predicted molar refractivity (Wildman–Crippen MR) is 94.9 cm³/mol. The zero-order valence-electron chi connectivity index (χ0n) is 15.1. The van der Waals surface area contributed by atoms with Gasteiger partial charge in [-0.15, -0.1) is 0 Å². The van der Waals surface area contributed by atoms with Crippen molar-refractivity contribution in [2.75, 3.05) is 13.7 Å². The summed E-state index contributed by atoms with van der Waals surface area (Å²) in [4.78, 5) is 11.8. The first-order valence-electron chi connectivity index (χ1n) is 8.02. The highest BCUT2D eigenvalue weighted by Gasteiger charge is 2.11. The van der Waals surface area contributed by atoms with Crippen LogP contribution in [0.1, 0.15) is 46.6 Å². The molecule has 0 saturated carbocycles. The van der Waals surface area contributed by atoms with Gasteiger partial charge in [-0.1, -0.05) is 19.9 Å². The number of hydrogen-bond acceptors (Lipinski definition) is 3. The Bertz CT molecular complexity index is 542. The van der Waals surface area contributed by atoms with Crippen molar-refractivity contribution in [2.45, 2.75) is 46.6 Å². The summed E-state index contributed by atoms with van der Waals surface area (Å²) in [5, 5.41) is 2.89. The molecule has 0 radical (unpaired) electrons. The van der Waals surface area contributed by atoms with Crippen LogP contribution in [0.2, 0.25) is 0 Å². The molecule has 4 nitrogen and oxygen atoms in total. The van der Waals surface area contributed by atoms with E-state index in [9.17, 15) is 4.79 Å². The number of hydrogen-bond donors (Lipinski definition) is 1. The van der Waals surface area contributed by atoms with E-state index in [0.717, 1.165) is 17.7 Å². The second-order valence-electron chi connectivity index (χ2n) is 7.01. The van der Waals surface area contributed by atoms with Gasteiger partial charge >= 0.3 is 0 Å². The second kappa shape index (κ2) is 8.61. The van der Waals surface area contributed by atoms with Crippen molar-refractivity contribution in [1.82, 2.24) is 5.32 Å². The molecule has 0 atom stereocenters. The van der Waals surface area contributed by atoms with E-state index in [2.05, 4.69) is 19.2 Å². The van der Waals surface area contributed by atoms with Crippen LogP contribution in [-0.2, 0) is 4.79 Å². The van der Waals surface area contributed by atoms with Crippen molar-refractivity contribution < 1.29 is 14.3 Å². The molecule has 0 saturated heterocycles. The normalized spacial score (nSPS) is 11.8. The van der Waals surface area contributed by atoms with E-state index in [4.69, 9.17) is 9.47 Å². The lowest BCUT2D eigenvalue weighted by Crippen LogP contribution is -2.39. The van der Waals surface area contributed by atoms with Crippen LogP contribution in [0.4, 0.5) is 0 Å². The van der Waals surface area contributed by atoms with Gasteiger partial charge in [-0.25, -0.2) is 0 Å². The summed E-state index contributed by atoms with van der Waals surface area (Å²) >= 11 is 0. The third-order valence-corrected chi connectivity index (χ3v) is 3.07. The molecule has 1 N–H and O–H groups in total. The standard InChI is InChI=1S/C19H29NO3/c1-14(2)11-12-23-16-9-7-15(13-17(16)22-6)8-10-18(21)20-19(3,4)5/h7-10,13-14H,11-12H2,1-6H3,(H,20,21)/b10-8+. The number of nitrogens with one attached hydrogen (secondary N) is 1. The largest absolute Gasteiger partial charge is 0.493 e. The fraction of sp³-hybridized carbons (Fsp3) is 0.526. The Kier molecular flexibility index (Phi) is 7.14. The molecule has 0 aliphatic heterocycles. The smallest absolute Gasteiger partial charge is 0.244 e. The van der Waals surface area contributed by atoms with Gasteiger partial charge in [0, 0.05) is 11.6 Å². The average molecular weight is 319 g/mol. The Hall–Kier alpha value is -1.97. The minimum atomic E-state index is -0.243. The lowest BCUT2D eigenvalue weighted by molar-refractivity contribution is -0.117. The first-order chi connectivity index (χ1) is 10.7. The molecule has 0 heterocycles. The molecule has 4 heteroatoms. The molecular formula is C19H29NO3. The van der Waals surface area contributed by atoms with E-state index in [-0.39, 0.29) is 11.4 Å². The Balaban J connectivity index is 2.73. The number of carbonyl (C=O) groups excluding carboxylic acids is 1. The maximum atomic E-state index is 11.8. The first-order valence-corrected chi connectivity index (χ1v) is 8.02. The van der Waals surface area contributed by atoms with Crippen LogP contribution >= 0.6 is 0 Å². The van der Waals surface area contributed by atoms with Crippen molar-refractivity contribution >= 4 is 12.0 Å². The zero-order valence-corrected chi connectivity index (χ0v) is 15.1. The monoisotopic (exact) mass is 319 g/mol. The van der Waals surface area contributed by atoms with Crippen LogP contribution in [0.3, 0.4) is 0 Å². The van der Waals surface area contributed by atoms with Crippen LogP contribution < -0.4 is 14.8 Å². The van der Waals surface area contributed by atoms with Crippen LogP contribution in [0.15, 0.2) is 24.3 Å². The fourth-order valence-corrected chi connectivity index (χ4v) is 1.89. The Morgan fingerprint density at radius 1 is 1.26 bits per heavy atom. The molecule has 0 aliphatic carbocycles. The van der Waals surface area contributed by atoms with Crippen molar-refractivity contribution in [3.05, 3.63) is 29.8 Å². The summed E-state index contributed by atoms with van der Waals surface area (Å²) in [6.07, 6.45) is 4.29. The van der Waals surface area contributed by atoms with Gasteiger partial charge in [-0.05, 0) is 56.9 Å². The van der Waals surface area contributed by atoms with E-state index in [1.165, 1.54) is 6.08 Å². The minimum absolute atomic E-state index is 0.117. The van der Waals surface area contributed by atoms with Crippen molar-refractivity contribution in [3.8, 4) is 11.5 Å². The fourth-order valence-electron chi connectivity index (χ4n) is 1.89. The number of ether oxygens (including phenoxy) is 2. The number of rotatable bonds is 7. The zero-order chi connectivity index (χ0) is 17.5. The molecule has 0 bridgehead atoms. The molecule has 0 spiro atoms. The lowest BCUT2D eigenvalue weighted by atomic mass is 10.1. The maximum absolute atomic E-state index is 11.8. The summed E-state index contributed by atoms with van der Waals surface area (Å²) in [7, 11) is 1.62. The first kappa shape index (κ1) is 19.1. The topological polar surface area (TPSA) is 47.6 Å². The van der Waals surface area contributed by atoms with Crippen molar-refractivity contribution in [1.29, 1.82) is 0 Å². The Morgan fingerprint density at radius 2 is 1.96 bits per heavy atom. The van der Waals surface area contributed by atoms with Gasteiger partial charge in [-0.3, -0.25) is 4.79 Å². The molecule has 1 aromatic rings. The van der Waals surface area contributed by atoms with Crippen LogP contribution in [-0.4, -0.2) is 25.2 Å². The molecule has 128 valence electrons. The number of amides is 1. The molecule has 0 aliphatic rings. The van der Waals surface area contributed by atoms with Crippen LogP contribution in [0.5, 0.6) is 11.5 Å². The molecule has 1 rings (SSSR count). The van der Waals surface area contributed by atoms with Gasteiger partial charge in [0.25, 0.3) is 0 Å². The van der Waals surface area contributed by atoms with Gasteiger partial charge < -0.3 is 14.8 Å². The predicted octanol–water partition coefficient (Wildman–Crippen LogP) is 4.05. The summed E-state index contributed by atoms with van der Waals surface area (Å²) in [5.41, 5.74) is 0.648. The molecule has 0 aromatic heterocycles. The highest BCUT2D eigenvalue weighted by Crippen LogP contribution is 2.28. The molecule has 1 amide bonds. The molecular weight excluding hydrogens is 290 g/mol. The average Bonchev–Trinajstić information content (AvgIpc) is 2.43. The van der Waals surface area contributed by atoms with Gasteiger partial charge in [0.05, 0.1) is 13.7 Å². The third-order valence-electron chi connectivity index (χ3n) is 3.07. The van der Waals surface area contributed by atoms with E-state index < -0.39 is 0 Å². The number of methoxy groups -OCH3 is 1. The summed E-state index contributed by atoms with van der Waals surface area (Å²) < 4.78 is 11.1. The third kappa shape index (κ3) is 7.73. The van der Waals surface area contributed by atoms with E-state index in [1.807, 2.05) is 39.0 Å². The van der Waals surface area contributed by atoms with Gasteiger partial charge in [-0.2, -0.15) is 0 Å². The lowest BCUT2D eigenvalue weighted by Gasteiger charge is -2.19. The van der Waals surface area contributed by atoms with Gasteiger partial charge in [0.2, 0.25) is 5.91 Å². The second-order valence-corrected chi connectivity index (χ2v) is 7.01. The van der Waals surface area contributed by atoms with Gasteiger partial charge in [0.15, 0.2) is 11.5 Å². The summed E-state index contributed by atoms with van der Waals surface area (Å²) in [6, 6.07) is 5.65. The molecule has 1 aromatic carbocycles. The molecule has 23 heavy (non-hydrogen) atoms. The van der Waals surface area contributed by atoms with E-state index in [1.54, 1.807) is 13.2 Å². The molecule has 0 unspecified atom stereocenters. The van der Waals surface area contributed by atoms with Crippen LogP contribution in [0, 0.1) is 5.92 Å². The Morgan fingerprint density at radius 3 is 2.52 bits per heavy atom. The highest BCUT2D eigenvalue weighted by molar-refractivity contribution is 5.92. The highest BCUT2D eigenvalue weighted by atomic mass is 16.5. The number of carbonyl (C=O) groups is 1.